The van der Waals surface area contributed by atoms with Crippen LogP contribution >= 0.6 is 0 Å². The molecular weight excluding hydrogens is 605 g/mol. The maximum absolute atomic E-state index is 9.42. The summed E-state index contributed by atoms with van der Waals surface area (Å²) >= 11 is 0. The van der Waals surface area contributed by atoms with E-state index in [9.17, 15) is 10.5 Å². The van der Waals surface area contributed by atoms with Crippen LogP contribution in [0.15, 0.2) is 170 Å². The molecule has 0 saturated carbocycles. The molecule has 0 saturated heterocycles. The van der Waals surface area contributed by atoms with Crippen molar-refractivity contribution in [2.45, 2.75) is 0 Å². The third kappa shape index (κ3) is 4.63. The van der Waals surface area contributed by atoms with Crippen LogP contribution in [0.25, 0.3) is 87.6 Å². The van der Waals surface area contributed by atoms with Crippen molar-refractivity contribution in [1.82, 2.24) is 0 Å². The summed E-state index contributed by atoms with van der Waals surface area (Å²) in [7, 11) is 0. The average molecular weight is 633 g/mol. The molecule has 0 fully saturated rings. The fourth-order valence-corrected chi connectivity index (χ4v) is 7.73. The zero-order valence-electron chi connectivity index (χ0n) is 27.1. The molecule has 0 bridgehead atoms. The molecular formula is C48H28N2. The maximum atomic E-state index is 9.42. The minimum Gasteiger partial charge on any atom is -0.192 e. The van der Waals surface area contributed by atoms with Gasteiger partial charge in [0.2, 0.25) is 0 Å². The summed E-state index contributed by atoms with van der Waals surface area (Å²) in [4.78, 5) is 0. The van der Waals surface area contributed by atoms with Crippen molar-refractivity contribution >= 4 is 43.1 Å². The van der Waals surface area contributed by atoms with Gasteiger partial charge in [-0.3, -0.25) is 0 Å². The van der Waals surface area contributed by atoms with E-state index in [0.717, 1.165) is 22.3 Å². The van der Waals surface area contributed by atoms with Gasteiger partial charge in [-0.15, -0.1) is 0 Å². The van der Waals surface area contributed by atoms with E-state index in [2.05, 4.69) is 158 Å². The predicted molar refractivity (Wildman–Crippen MR) is 208 cm³/mol. The van der Waals surface area contributed by atoms with E-state index in [-0.39, 0.29) is 0 Å². The van der Waals surface area contributed by atoms with Crippen molar-refractivity contribution in [2.24, 2.45) is 0 Å². The van der Waals surface area contributed by atoms with Gasteiger partial charge in [-0.05, 0) is 112 Å². The third-order valence-corrected chi connectivity index (χ3v) is 9.93. The molecule has 0 radical (unpaired) electrons. The number of rotatable bonds is 4. The Balaban J connectivity index is 1.25. The summed E-state index contributed by atoms with van der Waals surface area (Å²) in [6.07, 6.45) is 0. The zero-order chi connectivity index (χ0) is 33.6. The van der Waals surface area contributed by atoms with Gasteiger partial charge in [0.05, 0.1) is 23.3 Å². The first-order valence-corrected chi connectivity index (χ1v) is 16.7. The highest BCUT2D eigenvalue weighted by Gasteiger charge is 2.19. The van der Waals surface area contributed by atoms with Crippen LogP contribution in [0.5, 0.6) is 0 Å². The van der Waals surface area contributed by atoms with Crippen molar-refractivity contribution in [2.75, 3.05) is 0 Å². The second kappa shape index (κ2) is 11.9. The number of hydrogen-bond acceptors (Lipinski definition) is 2. The summed E-state index contributed by atoms with van der Waals surface area (Å²) < 4.78 is 0. The Labute approximate surface area is 290 Å². The Morgan fingerprint density at radius 2 is 0.420 bits per heavy atom. The monoisotopic (exact) mass is 632 g/mol. The molecule has 2 heteroatoms. The lowest BCUT2D eigenvalue weighted by Gasteiger charge is -2.19. The Hall–Kier alpha value is -7.00. The number of hydrogen-bond donors (Lipinski definition) is 0. The van der Waals surface area contributed by atoms with Gasteiger partial charge in [-0.2, -0.15) is 10.5 Å². The lowest BCUT2D eigenvalue weighted by molar-refractivity contribution is 1.48. The summed E-state index contributed by atoms with van der Waals surface area (Å²) in [5.74, 6) is 0. The molecule has 0 aromatic heterocycles. The third-order valence-electron chi connectivity index (χ3n) is 9.93. The fourth-order valence-electron chi connectivity index (χ4n) is 7.73. The van der Waals surface area contributed by atoms with Crippen LogP contribution in [0.4, 0.5) is 0 Å². The number of nitrogens with zero attached hydrogens (tertiary/aromatic N) is 2. The Morgan fingerprint density at radius 3 is 0.600 bits per heavy atom. The second-order valence-corrected chi connectivity index (χ2v) is 12.6. The normalized spacial score (nSPS) is 11.2. The van der Waals surface area contributed by atoms with E-state index in [1.807, 2.05) is 24.3 Å². The summed E-state index contributed by atoms with van der Waals surface area (Å²) in [5, 5.41) is 28.4. The smallest absolute Gasteiger partial charge is 0.0991 e. The van der Waals surface area contributed by atoms with Gasteiger partial charge >= 0.3 is 0 Å². The standard InChI is InChI=1S/C48H28N2/c49-29-31-17-21-33(22-18-31)45-37-9-1-5-13-41(37)47(42-14-6-2-10-38(42)45)35-25-27-36(28-26-35)48-43-15-7-3-11-39(43)46(40-12-4-8-16-44(40)48)34-23-19-32(30-50)20-24-34/h1-28H. The maximum Gasteiger partial charge on any atom is 0.0991 e. The van der Waals surface area contributed by atoms with E-state index in [1.54, 1.807) is 0 Å². The minimum atomic E-state index is 0.656. The molecule has 50 heavy (non-hydrogen) atoms. The molecule has 9 aromatic rings. The lowest BCUT2D eigenvalue weighted by atomic mass is 9.84. The quantitative estimate of drug-likeness (QED) is 0.181. The molecule has 0 spiro atoms. The van der Waals surface area contributed by atoms with Crippen LogP contribution in [0.3, 0.4) is 0 Å². The first kappa shape index (κ1) is 29.2. The van der Waals surface area contributed by atoms with E-state index < -0.39 is 0 Å². The molecule has 0 aliphatic rings. The van der Waals surface area contributed by atoms with Gasteiger partial charge in [0.1, 0.15) is 0 Å². The highest BCUT2D eigenvalue weighted by Crippen LogP contribution is 2.46. The topological polar surface area (TPSA) is 47.6 Å². The molecule has 230 valence electrons. The average Bonchev–Trinajstić information content (AvgIpc) is 3.19. The highest BCUT2D eigenvalue weighted by molar-refractivity contribution is 6.23. The molecule has 0 aliphatic heterocycles. The minimum absolute atomic E-state index is 0.656. The van der Waals surface area contributed by atoms with Crippen molar-refractivity contribution in [3.63, 3.8) is 0 Å². The van der Waals surface area contributed by atoms with Crippen molar-refractivity contribution in [3.8, 4) is 56.6 Å². The Bertz CT molecular complexity index is 2540. The van der Waals surface area contributed by atoms with Crippen LogP contribution in [-0.4, -0.2) is 0 Å². The molecule has 0 atom stereocenters. The van der Waals surface area contributed by atoms with Crippen LogP contribution in [0.2, 0.25) is 0 Å². The summed E-state index contributed by atoms with van der Waals surface area (Å²) in [6, 6.07) is 64.0. The van der Waals surface area contributed by atoms with Crippen LogP contribution in [0.1, 0.15) is 11.1 Å². The van der Waals surface area contributed by atoms with Gasteiger partial charge in [0, 0.05) is 0 Å². The van der Waals surface area contributed by atoms with Crippen molar-refractivity contribution in [1.29, 1.82) is 10.5 Å². The fraction of sp³-hybridized carbons (Fsp3) is 0. The van der Waals surface area contributed by atoms with Crippen LogP contribution < -0.4 is 0 Å². The lowest BCUT2D eigenvalue weighted by Crippen LogP contribution is -1.92. The van der Waals surface area contributed by atoms with Crippen LogP contribution in [0, 0.1) is 22.7 Å². The first-order valence-electron chi connectivity index (χ1n) is 16.7. The summed E-state index contributed by atoms with van der Waals surface area (Å²) in [6.45, 7) is 0. The van der Waals surface area contributed by atoms with E-state index in [0.29, 0.717) is 11.1 Å². The number of benzene rings is 9. The van der Waals surface area contributed by atoms with Crippen molar-refractivity contribution < 1.29 is 0 Å². The first-order chi connectivity index (χ1) is 24.7. The van der Waals surface area contributed by atoms with Gasteiger partial charge in [-0.25, -0.2) is 0 Å². The molecule has 9 aromatic carbocycles. The SMILES string of the molecule is N#Cc1ccc(-c2c3ccccc3c(-c3ccc(-c4c5ccccc5c(-c5ccc(C#N)cc5)c5ccccc45)cc3)c3ccccc23)cc1. The molecule has 0 aliphatic carbocycles. The molecule has 0 amide bonds. The molecule has 0 unspecified atom stereocenters. The highest BCUT2D eigenvalue weighted by atomic mass is 14.3. The van der Waals surface area contributed by atoms with Gasteiger partial charge in [0.25, 0.3) is 0 Å². The van der Waals surface area contributed by atoms with Gasteiger partial charge in [-0.1, -0.05) is 146 Å². The largest absolute Gasteiger partial charge is 0.192 e. The number of nitriles is 2. The number of fused-ring (bicyclic) bond motifs is 4. The van der Waals surface area contributed by atoms with Gasteiger partial charge < -0.3 is 0 Å². The summed E-state index contributed by atoms with van der Waals surface area (Å²) in [5.41, 5.74) is 10.6. The molecule has 9 rings (SSSR count). The van der Waals surface area contributed by atoms with Crippen molar-refractivity contribution in [3.05, 3.63) is 181 Å². The second-order valence-electron chi connectivity index (χ2n) is 12.6. The Morgan fingerprint density at radius 1 is 0.240 bits per heavy atom. The van der Waals surface area contributed by atoms with E-state index in [1.165, 1.54) is 65.3 Å². The molecule has 0 heterocycles. The van der Waals surface area contributed by atoms with E-state index >= 15 is 0 Å². The predicted octanol–water partition coefficient (Wildman–Crippen LogP) is 12.7. The molecule has 2 nitrogen and oxygen atoms in total. The van der Waals surface area contributed by atoms with Crippen LogP contribution in [-0.2, 0) is 0 Å². The van der Waals surface area contributed by atoms with E-state index in [4.69, 9.17) is 0 Å². The zero-order valence-corrected chi connectivity index (χ0v) is 27.1. The van der Waals surface area contributed by atoms with Gasteiger partial charge in [0.15, 0.2) is 0 Å². The molecule has 0 N–H and O–H groups in total. The Kier molecular flexibility index (Phi) is 6.95.